The second-order valence-corrected chi connectivity index (χ2v) is 3.27. The quantitative estimate of drug-likeness (QED) is 0.756. The monoisotopic (exact) mass is 230 g/mol. The summed E-state index contributed by atoms with van der Waals surface area (Å²) in [6.07, 6.45) is -4.46. The molecule has 0 spiro atoms. The molecule has 0 saturated carbocycles. The lowest BCUT2D eigenvalue weighted by Crippen LogP contribution is -2.04. The van der Waals surface area contributed by atoms with Crippen LogP contribution in [0.3, 0.4) is 0 Å². The highest BCUT2D eigenvalue weighted by Crippen LogP contribution is 2.36. The number of aromatic hydroxyl groups is 1. The standard InChI is InChI=1S/C10H7F3O2.N/c1-5-2-6-3-7(10(11,12)13)4-8(14)9(6)15-5;/h2-4,14H,1H3;. The molecule has 1 heterocycles. The summed E-state index contributed by atoms with van der Waals surface area (Å²) in [5.74, 6) is -0.0347. The molecule has 3 radical (unpaired) electrons. The zero-order valence-corrected chi connectivity index (χ0v) is 8.17. The van der Waals surface area contributed by atoms with Gasteiger partial charge in [-0.1, -0.05) is 0 Å². The lowest BCUT2D eigenvalue weighted by molar-refractivity contribution is -0.137. The maximum Gasteiger partial charge on any atom is 0.416 e. The van der Waals surface area contributed by atoms with E-state index in [0.717, 1.165) is 6.07 Å². The lowest BCUT2D eigenvalue weighted by Gasteiger charge is -2.06. The molecule has 85 valence electrons. The van der Waals surface area contributed by atoms with E-state index in [4.69, 9.17) is 4.42 Å². The number of nitrogens with zero attached hydrogens (tertiary/aromatic N) is 1. The fraction of sp³-hybridized carbons (Fsp3) is 0.200. The number of phenolic OH excluding ortho intramolecular Hbond substituents is 1. The van der Waals surface area contributed by atoms with Gasteiger partial charge in [-0.3, -0.25) is 0 Å². The van der Waals surface area contributed by atoms with E-state index in [1.54, 1.807) is 6.92 Å². The molecule has 0 atom stereocenters. The molecule has 2 rings (SSSR count). The van der Waals surface area contributed by atoms with Gasteiger partial charge in [0.05, 0.1) is 5.56 Å². The summed E-state index contributed by atoms with van der Waals surface area (Å²) in [4.78, 5) is 0. The summed E-state index contributed by atoms with van der Waals surface area (Å²) in [5, 5.41) is 9.58. The van der Waals surface area contributed by atoms with Gasteiger partial charge >= 0.3 is 6.18 Å². The summed E-state index contributed by atoms with van der Waals surface area (Å²) < 4.78 is 42.1. The molecule has 1 aromatic heterocycles. The lowest BCUT2D eigenvalue weighted by atomic mass is 10.1. The van der Waals surface area contributed by atoms with Gasteiger partial charge in [-0.25, -0.2) is 0 Å². The predicted molar refractivity (Wildman–Crippen MR) is 49.8 cm³/mol. The van der Waals surface area contributed by atoms with Gasteiger partial charge in [-0.05, 0) is 25.1 Å². The molecule has 16 heavy (non-hydrogen) atoms. The number of phenols is 1. The Balaban J connectivity index is 0.00000128. The number of furan rings is 1. The van der Waals surface area contributed by atoms with Gasteiger partial charge in [0.1, 0.15) is 5.76 Å². The average Bonchev–Trinajstić information content (AvgIpc) is 2.44. The second-order valence-electron chi connectivity index (χ2n) is 3.27. The maximum absolute atomic E-state index is 12.4. The largest absolute Gasteiger partial charge is 0.504 e. The third-order valence-corrected chi connectivity index (χ3v) is 2.05. The van der Waals surface area contributed by atoms with Gasteiger partial charge < -0.3 is 9.52 Å². The van der Waals surface area contributed by atoms with E-state index in [-0.39, 0.29) is 17.1 Å². The first-order chi connectivity index (χ1) is 6.88. The van der Waals surface area contributed by atoms with E-state index in [9.17, 15) is 18.3 Å². The molecule has 2 aromatic rings. The van der Waals surface area contributed by atoms with Crippen molar-refractivity contribution in [2.24, 2.45) is 0 Å². The first-order valence-electron chi connectivity index (χ1n) is 4.18. The molecule has 0 aliphatic heterocycles. The van der Waals surface area contributed by atoms with Gasteiger partial charge in [-0.15, -0.1) is 0 Å². The summed E-state index contributed by atoms with van der Waals surface area (Å²) >= 11 is 0. The first-order valence-corrected chi connectivity index (χ1v) is 4.18. The number of fused-ring (bicyclic) bond motifs is 1. The molecular weight excluding hydrogens is 223 g/mol. The number of hydrogen-bond acceptors (Lipinski definition) is 2. The van der Waals surface area contributed by atoms with Gasteiger partial charge in [0.15, 0.2) is 11.3 Å². The van der Waals surface area contributed by atoms with Crippen molar-refractivity contribution in [1.29, 1.82) is 0 Å². The SMILES string of the molecule is Cc1cc2cc(C(F)(F)F)cc(O)c2o1.[N]. The maximum atomic E-state index is 12.4. The Labute approximate surface area is 89.1 Å². The molecule has 0 bridgehead atoms. The van der Waals surface area contributed by atoms with Crippen LogP contribution in [0.25, 0.3) is 11.0 Å². The van der Waals surface area contributed by atoms with Crippen LogP contribution in [0.15, 0.2) is 22.6 Å². The van der Waals surface area contributed by atoms with Gasteiger partial charge in [0.2, 0.25) is 0 Å². The molecule has 0 fully saturated rings. The minimum atomic E-state index is -4.46. The zero-order valence-electron chi connectivity index (χ0n) is 8.17. The van der Waals surface area contributed by atoms with Gasteiger partial charge in [0.25, 0.3) is 0 Å². The number of benzene rings is 1. The number of hydrogen-bond donors (Lipinski definition) is 1. The number of rotatable bonds is 0. The summed E-state index contributed by atoms with van der Waals surface area (Å²) in [6, 6.07) is 3.06. The molecule has 3 nitrogen and oxygen atoms in total. The smallest absolute Gasteiger partial charge is 0.416 e. The van der Waals surface area contributed by atoms with Crippen LogP contribution in [-0.2, 0) is 6.18 Å². The van der Waals surface area contributed by atoms with Crippen LogP contribution >= 0.6 is 0 Å². The van der Waals surface area contributed by atoms with E-state index < -0.39 is 17.5 Å². The molecule has 6 heteroatoms. The first kappa shape index (κ1) is 12.4. The van der Waals surface area contributed by atoms with Crippen molar-refractivity contribution in [1.82, 2.24) is 6.15 Å². The Kier molecular flexibility index (Phi) is 2.87. The van der Waals surface area contributed by atoms with Crippen LogP contribution in [0, 0.1) is 6.92 Å². The van der Waals surface area contributed by atoms with E-state index in [0.29, 0.717) is 11.8 Å². The van der Waals surface area contributed by atoms with Crippen LogP contribution in [-0.4, -0.2) is 5.11 Å². The number of alkyl halides is 3. The molecule has 1 aromatic carbocycles. The Bertz CT molecular complexity index is 516. The number of halogens is 3. The van der Waals surface area contributed by atoms with E-state index >= 15 is 0 Å². The highest BCUT2D eigenvalue weighted by Gasteiger charge is 2.31. The van der Waals surface area contributed by atoms with E-state index in [1.165, 1.54) is 6.07 Å². The van der Waals surface area contributed by atoms with Gasteiger partial charge in [-0.2, -0.15) is 13.2 Å². The van der Waals surface area contributed by atoms with Crippen molar-refractivity contribution in [3.8, 4) is 5.75 Å². The minimum absolute atomic E-state index is 0. The van der Waals surface area contributed by atoms with Crippen LogP contribution in [0.5, 0.6) is 5.75 Å². The molecule has 0 aliphatic rings. The van der Waals surface area contributed by atoms with E-state index in [1.807, 2.05) is 0 Å². The topological polar surface area (TPSA) is 63.9 Å². The molecule has 1 N–H and O–H groups in total. The van der Waals surface area contributed by atoms with Crippen molar-refractivity contribution in [2.45, 2.75) is 13.1 Å². The normalized spacial score (nSPS) is 11.5. The Morgan fingerprint density at radius 1 is 1.19 bits per heavy atom. The third-order valence-electron chi connectivity index (χ3n) is 2.05. The van der Waals surface area contributed by atoms with E-state index in [2.05, 4.69) is 0 Å². The van der Waals surface area contributed by atoms with Crippen molar-refractivity contribution in [2.75, 3.05) is 0 Å². The predicted octanol–water partition coefficient (Wildman–Crippen LogP) is 2.99. The molecule has 0 saturated heterocycles. The van der Waals surface area contributed by atoms with Crippen molar-refractivity contribution in [3.05, 3.63) is 29.5 Å². The Hall–Kier alpha value is -1.69. The van der Waals surface area contributed by atoms with Crippen molar-refractivity contribution in [3.63, 3.8) is 0 Å². The fourth-order valence-corrected chi connectivity index (χ4v) is 1.43. The molecule has 0 unspecified atom stereocenters. The molecule has 0 aliphatic carbocycles. The molecular formula is C10H7F3NO2. The van der Waals surface area contributed by atoms with Crippen LogP contribution in [0.2, 0.25) is 0 Å². The fourth-order valence-electron chi connectivity index (χ4n) is 1.43. The Morgan fingerprint density at radius 2 is 1.81 bits per heavy atom. The van der Waals surface area contributed by atoms with Crippen LogP contribution < -0.4 is 6.15 Å². The van der Waals surface area contributed by atoms with Crippen LogP contribution in [0.4, 0.5) is 13.2 Å². The van der Waals surface area contributed by atoms with Crippen LogP contribution in [0.1, 0.15) is 11.3 Å². The highest BCUT2D eigenvalue weighted by atomic mass is 19.4. The summed E-state index contributed by atoms with van der Waals surface area (Å²) in [5.41, 5.74) is -0.797. The zero-order chi connectivity index (χ0) is 11.2. The summed E-state index contributed by atoms with van der Waals surface area (Å²) in [7, 11) is 0. The molecule has 0 amide bonds. The third kappa shape index (κ3) is 1.96. The second kappa shape index (κ2) is 3.71. The number of aryl methyl sites for hydroxylation is 1. The Morgan fingerprint density at radius 3 is 2.38 bits per heavy atom. The summed E-state index contributed by atoms with van der Waals surface area (Å²) in [6.45, 7) is 1.60. The highest BCUT2D eigenvalue weighted by molar-refractivity contribution is 5.84. The minimum Gasteiger partial charge on any atom is -0.504 e. The average molecular weight is 230 g/mol. The van der Waals surface area contributed by atoms with Crippen molar-refractivity contribution >= 4 is 11.0 Å². The van der Waals surface area contributed by atoms with Crippen molar-refractivity contribution < 1.29 is 22.7 Å². The van der Waals surface area contributed by atoms with Gasteiger partial charge in [0, 0.05) is 11.5 Å².